The first-order chi connectivity index (χ1) is 9.73. The van der Waals surface area contributed by atoms with Crippen LogP contribution in [0.4, 0.5) is 4.79 Å². The van der Waals surface area contributed by atoms with Crippen molar-refractivity contribution in [3.63, 3.8) is 0 Å². The summed E-state index contributed by atoms with van der Waals surface area (Å²) in [6.45, 7) is 14.3. The van der Waals surface area contributed by atoms with E-state index >= 15 is 0 Å². The van der Waals surface area contributed by atoms with E-state index in [4.69, 9.17) is 4.74 Å². The maximum absolute atomic E-state index is 11.7. The van der Waals surface area contributed by atoms with Crippen LogP contribution in [0.5, 0.6) is 0 Å². The molecule has 1 N–H and O–H groups in total. The first-order valence-electron chi connectivity index (χ1n) is 7.40. The second kappa shape index (κ2) is 6.79. The molecule has 0 aromatic heterocycles. The van der Waals surface area contributed by atoms with Crippen LogP contribution in [0.2, 0.25) is 0 Å². The molecule has 116 valence electrons. The zero-order chi connectivity index (χ0) is 16.1. The Labute approximate surface area is 128 Å². The van der Waals surface area contributed by atoms with Gasteiger partial charge in [0.15, 0.2) is 0 Å². The van der Waals surface area contributed by atoms with Gasteiger partial charge in [0.2, 0.25) is 0 Å². The second-order valence-corrected chi connectivity index (χ2v) is 6.45. The fourth-order valence-corrected chi connectivity index (χ4v) is 2.04. The summed E-state index contributed by atoms with van der Waals surface area (Å²) in [4.78, 5) is 11.7. The summed E-state index contributed by atoms with van der Waals surface area (Å²) in [6.07, 6.45) is 2.20. The van der Waals surface area contributed by atoms with Gasteiger partial charge in [-0.2, -0.15) is 0 Å². The third-order valence-electron chi connectivity index (χ3n) is 4.02. The van der Waals surface area contributed by atoms with Gasteiger partial charge in [-0.25, -0.2) is 4.79 Å². The Morgan fingerprint density at radius 3 is 2.19 bits per heavy atom. The minimum Gasteiger partial charge on any atom is -0.445 e. The van der Waals surface area contributed by atoms with Crippen LogP contribution in [-0.4, -0.2) is 12.7 Å². The lowest BCUT2D eigenvalue weighted by Gasteiger charge is -2.28. The molecule has 0 unspecified atom stereocenters. The second-order valence-electron chi connectivity index (χ2n) is 6.45. The highest BCUT2D eigenvalue weighted by Gasteiger charge is 2.25. The largest absolute Gasteiger partial charge is 0.445 e. The fourth-order valence-electron chi connectivity index (χ4n) is 2.04. The normalized spacial score (nSPS) is 11.9. The molecule has 1 aromatic rings. The van der Waals surface area contributed by atoms with Crippen LogP contribution in [0, 0.1) is 0 Å². The molecule has 0 atom stereocenters. The fraction of sp³-hybridized carbons (Fsp3) is 0.500. The summed E-state index contributed by atoms with van der Waals surface area (Å²) in [5, 5.41) is 2.87. The molecule has 3 heteroatoms. The van der Waals surface area contributed by atoms with Gasteiger partial charge in [-0.3, -0.25) is 0 Å². The Bertz CT molecular complexity index is 486. The quantitative estimate of drug-likeness (QED) is 0.782. The predicted molar refractivity (Wildman–Crippen MR) is 87.5 cm³/mol. The molecule has 21 heavy (non-hydrogen) atoms. The molecular formula is C18H27NO2. The van der Waals surface area contributed by atoms with Crippen molar-refractivity contribution in [3.05, 3.63) is 48.0 Å². The van der Waals surface area contributed by atoms with E-state index in [1.54, 1.807) is 6.08 Å². The number of nitrogens with one attached hydrogen (secondary N) is 1. The summed E-state index contributed by atoms with van der Waals surface area (Å²) in [6, 6.07) is 8.41. The van der Waals surface area contributed by atoms with Crippen LogP contribution < -0.4 is 5.32 Å². The first-order valence-corrected chi connectivity index (χ1v) is 7.40. The molecule has 0 saturated heterocycles. The third-order valence-corrected chi connectivity index (χ3v) is 4.02. The smallest absolute Gasteiger partial charge is 0.408 e. The topological polar surface area (TPSA) is 38.3 Å². The number of carbonyl (C=O) groups is 1. The van der Waals surface area contributed by atoms with Crippen molar-refractivity contribution in [3.8, 4) is 0 Å². The van der Waals surface area contributed by atoms with Crippen LogP contribution in [-0.2, 0) is 15.7 Å². The van der Waals surface area contributed by atoms with E-state index in [0.29, 0.717) is 0 Å². The number of carbonyl (C=O) groups excluding carboxylic acids is 1. The van der Waals surface area contributed by atoms with E-state index in [-0.39, 0.29) is 12.0 Å². The number of benzene rings is 1. The third kappa shape index (κ3) is 4.62. The van der Waals surface area contributed by atoms with E-state index in [0.717, 1.165) is 12.0 Å². The van der Waals surface area contributed by atoms with Crippen molar-refractivity contribution in [2.24, 2.45) is 0 Å². The average molecular weight is 289 g/mol. The number of ether oxygens (including phenoxy) is 1. The van der Waals surface area contributed by atoms with Gasteiger partial charge in [0.25, 0.3) is 0 Å². The molecular weight excluding hydrogens is 262 g/mol. The summed E-state index contributed by atoms with van der Waals surface area (Å²) < 4.78 is 4.98. The Kier molecular flexibility index (Phi) is 5.59. The average Bonchev–Trinajstić information content (AvgIpc) is 2.44. The molecule has 1 aromatic carbocycles. The maximum atomic E-state index is 11.7. The van der Waals surface area contributed by atoms with Gasteiger partial charge in [-0.05, 0) is 36.8 Å². The molecule has 0 heterocycles. The number of alkyl carbamates (subject to hydrolysis) is 1. The molecule has 0 saturated carbocycles. The molecule has 0 fully saturated rings. The SMILES string of the molecule is C=CCOC(=O)NC(C)(C)c1ccc(C(C)(C)CC)cc1. The van der Waals surface area contributed by atoms with Gasteiger partial charge in [-0.1, -0.05) is 57.7 Å². The Morgan fingerprint density at radius 1 is 1.19 bits per heavy atom. The number of hydrogen-bond acceptors (Lipinski definition) is 2. The lowest BCUT2D eigenvalue weighted by atomic mass is 9.81. The van der Waals surface area contributed by atoms with Crippen LogP contribution in [0.1, 0.15) is 52.2 Å². The van der Waals surface area contributed by atoms with E-state index in [2.05, 4.69) is 56.9 Å². The van der Waals surface area contributed by atoms with Crippen molar-refractivity contribution in [1.29, 1.82) is 0 Å². The molecule has 0 aliphatic carbocycles. The van der Waals surface area contributed by atoms with E-state index < -0.39 is 11.6 Å². The van der Waals surface area contributed by atoms with Crippen molar-refractivity contribution in [1.82, 2.24) is 5.32 Å². The molecule has 0 spiro atoms. The highest BCUT2D eigenvalue weighted by molar-refractivity contribution is 5.68. The van der Waals surface area contributed by atoms with Crippen LogP contribution in [0.25, 0.3) is 0 Å². The highest BCUT2D eigenvalue weighted by atomic mass is 16.5. The minimum absolute atomic E-state index is 0.166. The minimum atomic E-state index is -0.479. The summed E-state index contributed by atoms with van der Waals surface area (Å²) >= 11 is 0. The molecule has 1 amide bonds. The lowest BCUT2D eigenvalue weighted by Crippen LogP contribution is -2.41. The van der Waals surface area contributed by atoms with Gasteiger partial charge >= 0.3 is 6.09 Å². The van der Waals surface area contributed by atoms with Gasteiger partial charge in [0.05, 0.1) is 5.54 Å². The summed E-state index contributed by atoms with van der Waals surface area (Å²) in [7, 11) is 0. The van der Waals surface area contributed by atoms with Gasteiger partial charge in [0.1, 0.15) is 6.61 Å². The maximum Gasteiger partial charge on any atom is 0.408 e. The molecule has 0 radical (unpaired) electrons. The first kappa shape index (κ1) is 17.3. The molecule has 0 bridgehead atoms. The zero-order valence-corrected chi connectivity index (χ0v) is 13.8. The van der Waals surface area contributed by atoms with Crippen LogP contribution >= 0.6 is 0 Å². The summed E-state index contributed by atoms with van der Waals surface area (Å²) in [5.41, 5.74) is 2.04. The monoisotopic (exact) mass is 289 g/mol. The molecule has 3 nitrogen and oxygen atoms in total. The summed E-state index contributed by atoms with van der Waals surface area (Å²) in [5.74, 6) is 0. The Hall–Kier alpha value is -1.77. The van der Waals surface area contributed by atoms with Crippen molar-refractivity contribution >= 4 is 6.09 Å². The van der Waals surface area contributed by atoms with Crippen LogP contribution in [0.3, 0.4) is 0 Å². The Morgan fingerprint density at radius 2 is 1.71 bits per heavy atom. The van der Waals surface area contributed by atoms with Crippen LogP contribution in [0.15, 0.2) is 36.9 Å². The number of rotatable bonds is 6. The van der Waals surface area contributed by atoms with E-state index in [1.165, 1.54) is 5.56 Å². The van der Waals surface area contributed by atoms with Crippen molar-refractivity contribution < 1.29 is 9.53 Å². The molecule has 0 aliphatic heterocycles. The van der Waals surface area contributed by atoms with Gasteiger partial charge in [0, 0.05) is 0 Å². The van der Waals surface area contributed by atoms with Gasteiger partial charge < -0.3 is 10.1 Å². The number of amides is 1. The zero-order valence-electron chi connectivity index (χ0n) is 13.8. The number of hydrogen-bond donors (Lipinski definition) is 1. The Balaban J connectivity index is 2.84. The van der Waals surface area contributed by atoms with Gasteiger partial charge in [-0.15, -0.1) is 0 Å². The molecule has 0 aliphatic rings. The lowest BCUT2D eigenvalue weighted by molar-refractivity contribution is 0.147. The van der Waals surface area contributed by atoms with E-state index in [1.807, 2.05) is 13.8 Å². The predicted octanol–water partition coefficient (Wildman–Crippen LogP) is 4.52. The van der Waals surface area contributed by atoms with Crippen molar-refractivity contribution in [2.75, 3.05) is 6.61 Å². The van der Waals surface area contributed by atoms with E-state index in [9.17, 15) is 4.79 Å². The standard InChI is InChI=1S/C18H27NO2/c1-7-13-21-16(20)19-18(5,6)15-11-9-14(10-12-15)17(3,4)8-2/h7,9-12H,1,8,13H2,2-6H3,(H,19,20). The molecule has 1 rings (SSSR count). The van der Waals surface area contributed by atoms with Crippen molar-refractivity contribution in [2.45, 2.75) is 52.0 Å². The highest BCUT2D eigenvalue weighted by Crippen LogP contribution is 2.29.